The Hall–Kier alpha value is -1.16. The smallest absolute Gasteiger partial charge is 0.192 e. The van der Waals surface area contributed by atoms with Crippen molar-refractivity contribution in [2.24, 2.45) is 0 Å². The van der Waals surface area contributed by atoms with Crippen molar-refractivity contribution in [3.8, 4) is 0 Å². The third-order valence-electron chi connectivity index (χ3n) is 5.94. The zero-order valence-electron chi connectivity index (χ0n) is 19.7. The molecule has 1 aromatic carbocycles. The summed E-state index contributed by atoms with van der Waals surface area (Å²) in [6.45, 7) is 14.3. The Kier molecular flexibility index (Phi) is 11.8. The molecule has 0 spiro atoms. The molecule has 0 bridgehead atoms. The van der Waals surface area contributed by atoms with Gasteiger partial charge in [0.25, 0.3) is 0 Å². The van der Waals surface area contributed by atoms with E-state index in [4.69, 9.17) is 4.43 Å². The van der Waals surface area contributed by atoms with Gasteiger partial charge in [-0.1, -0.05) is 109 Å². The summed E-state index contributed by atoms with van der Waals surface area (Å²) in [6.07, 6.45) is 16.0. The standard InChI is InChI=1S/C26H44O2Si/c1-7-8-9-10-11-12-19-25(27)20-14-13-16-23-17-15-18-24(21-23)22-28-29(5,6)26(2,3)4/h13-18,20-21,25,27H,7-12,19,22H2,1-6H3/b16-13+,20-14+. The lowest BCUT2D eigenvalue weighted by Crippen LogP contribution is -2.40. The molecule has 3 heteroatoms. The number of aliphatic hydroxyl groups is 1. The van der Waals surface area contributed by atoms with Gasteiger partial charge >= 0.3 is 0 Å². The van der Waals surface area contributed by atoms with Crippen LogP contribution in [0.25, 0.3) is 6.08 Å². The average molecular weight is 417 g/mol. The lowest BCUT2D eigenvalue weighted by Gasteiger charge is -2.36. The number of hydrogen-bond donors (Lipinski definition) is 1. The van der Waals surface area contributed by atoms with Gasteiger partial charge in [-0.25, -0.2) is 0 Å². The van der Waals surface area contributed by atoms with Crippen LogP contribution < -0.4 is 0 Å². The van der Waals surface area contributed by atoms with Crippen LogP contribution in [0.1, 0.15) is 83.8 Å². The third-order valence-corrected chi connectivity index (χ3v) is 10.4. The SMILES string of the molecule is CCCCCCCCC(O)/C=C/C=C/c1cccc(CO[Si](C)(C)C(C)(C)C)c1. The van der Waals surface area contributed by atoms with Gasteiger partial charge in [-0.05, 0) is 41.7 Å². The first-order valence-electron chi connectivity index (χ1n) is 11.4. The molecule has 1 atom stereocenters. The van der Waals surface area contributed by atoms with E-state index in [1.807, 2.05) is 18.2 Å². The molecule has 0 fully saturated rings. The molecule has 0 saturated carbocycles. The van der Waals surface area contributed by atoms with Crippen molar-refractivity contribution in [2.45, 2.75) is 103 Å². The topological polar surface area (TPSA) is 29.5 Å². The summed E-state index contributed by atoms with van der Waals surface area (Å²) in [5, 5.41) is 10.3. The van der Waals surface area contributed by atoms with Crippen LogP contribution >= 0.6 is 0 Å². The average Bonchev–Trinajstić information content (AvgIpc) is 2.66. The normalized spacial score (nSPS) is 14.2. The molecule has 0 radical (unpaired) electrons. The van der Waals surface area contributed by atoms with Crippen LogP contribution in [0.5, 0.6) is 0 Å². The van der Waals surface area contributed by atoms with Gasteiger partial charge in [0.2, 0.25) is 0 Å². The first-order valence-corrected chi connectivity index (χ1v) is 14.3. The molecule has 0 aliphatic heterocycles. The minimum absolute atomic E-state index is 0.228. The Morgan fingerprint density at radius 1 is 1.03 bits per heavy atom. The number of benzene rings is 1. The van der Waals surface area contributed by atoms with Gasteiger partial charge in [-0.2, -0.15) is 0 Å². The molecule has 0 aromatic heterocycles. The fraction of sp³-hybridized carbons (Fsp3) is 0.615. The highest BCUT2D eigenvalue weighted by Crippen LogP contribution is 2.37. The van der Waals surface area contributed by atoms with E-state index in [0.29, 0.717) is 6.61 Å². The maximum absolute atomic E-state index is 10.1. The summed E-state index contributed by atoms with van der Waals surface area (Å²) in [5.74, 6) is 0. The molecule has 1 aromatic rings. The van der Waals surface area contributed by atoms with Crippen molar-refractivity contribution in [3.05, 3.63) is 53.6 Å². The van der Waals surface area contributed by atoms with Crippen LogP contribution in [0.2, 0.25) is 18.1 Å². The Morgan fingerprint density at radius 2 is 1.72 bits per heavy atom. The van der Waals surface area contributed by atoms with E-state index in [-0.39, 0.29) is 11.1 Å². The molecule has 2 nitrogen and oxygen atoms in total. The molecule has 1 unspecified atom stereocenters. The van der Waals surface area contributed by atoms with E-state index in [1.54, 1.807) is 0 Å². The Balaban J connectivity index is 2.42. The van der Waals surface area contributed by atoms with Gasteiger partial charge in [0, 0.05) is 0 Å². The van der Waals surface area contributed by atoms with Crippen molar-refractivity contribution in [3.63, 3.8) is 0 Å². The molecule has 0 heterocycles. The molecule has 1 N–H and O–H groups in total. The van der Waals surface area contributed by atoms with Crippen molar-refractivity contribution in [1.82, 2.24) is 0 Å². The van der Waals surface area contributed by atoms with Crippen LogP contribution in [0.3, 0.4) is 0 Å². The van der Waals surface area contributed by atoms with Crippen LogP contribution in [0.15, 0.2) is 42.5 Å². The van der Waals surface area contributed by atoms with Gasteiger partial charge in [-0.15, -0.1) is 0 Å². The minimum atomic E-state index is -1.73. The second-order valence-electron chi connectivity index (χ2n) is 9.66. The van der Waals surface area contributed by atoms with Gasteiger partial charge in [0.05, 0.1) is 12.7 Å². The number of allylic oxidation sites excluding steroid dienone is 2. The van der Waals surface area contributed by atoms with Crippen molar-refractivity contribution in [2.75, 3.05) is 0 Å². The van der Waals surface area contributed by atoms with E-state index in [2.05, 4.69) is 71.1 Å². The fourth-order valence-electron chi connectivity index (χ4n) is 2.86. The highest BCUT2D eigenvalue weighted by Gasteiger charge is 2.36. The summed E-state index contributed by atoms with van der Waals surface area (Å²) in [7, 11) is -1.73. The molecule has 0 aliphatic carbocycles. The molecule has 29 heavy (non-hydrogen) atoms. The van der Waals surface area contributed by atoms with E-state index < -0.39 is 8.32 Å². The maximum atomic E-state index is 10.1. The number of aliphatic hydroxyl groups excluding tert-OH is 1. The van der Waals surface area contributed by atoms with Crippen molar-refractivity contribution < 1.29 is 9.53 Å². The first kappa shape index (κ1) is 25.9. The molecular weight excluding hydrogens is 372 g/mol. The van der Waals surface area contributed by atoms with E-state index in [1.165, 1.54) is 37.7 Å². The summed E-state index contributed by atoms with van der Waals surface area (Å²) in [5.41, 5.74) is 2.38. The van der Waals surface area contributed by atoms with E-state index in [9.17, 15) is 5.11 Å². The lowest BCUT2D eigenvalue weighted by molar-refractivity contribution is 0.208. The number of rotatable bonds is 13. The molecule has 0 aliphatic rings. The van der Waals surface area contributed by atoms with E-state index in [0.717, 1.165) is 18.4 Å². The van der Waals surface area contributed by atoms with Gasteiger partial charge < -0.3 is 9.53 Å². The molecule has 0 amide bonds. The zero-order chi connectivity index (χ0) is 21.8. The van der Waals surface area contributed by atoms with Gasteiger partial charge in [0.15, 0.2) is 8.32 Å². The largest absolute Gasteiger partial charge is 0.413 e. The quantitative estimate of drug-likeness (QED) is 0.201. The molecule has 0 saturated heterocycles. The monoisotopic (exact) mass is 416 g/mol. The number of hydrogen-bond acceptors (Lipinski definition) is 2. The first-order chi connectivity index (χ1) is 13.7. The van der Waals surface area contributed by atoms with Crippen molar-refractivity contribution >= 4 is 14.4 Å². The fourth-order valence-corrected chi connectivity index (χ4v) is 3.82. The van der Waals surface area contributed by atoms with Gasteiger partial charge in [0.1, 0.15) is 0 Å². The molecule has 164 valence electrons. The molecular formula is C26H44O2Si. The highest BCUT2D eigenvalue weighted by atomic mass is 28.4. The van der Waals surface area contributed by atoms with Gasteiger partial charge in [-0.3, -0.25) is 0 Å². The lowest BCUT2D eigenvalue weighted by atomic mass is 10.1. The Morgan fingerprint density at radius 3 is 2.41 bits per heavy atom. The minimum Gasteiger partial charge on any atom is -0.413 e. The molecule has 1 rings (SSSR count). The summed E-state index contributed by atoms with van der Waals surface area (Å²) < 4.78 is 6.33. The second kappa shape index (κ2) is 13.2. The van der Waals surface area contributed by atoms with E-state index >= 15 is 0 Å². The van der Waals surface area contributed by atoms with Crippen LogP contribution in [-0.2, 0) is 11.0 Å². The zero-order valence-corrected chi connectivity index (χ0v) is 20.7. The number of unbranched alkanes of at least 4 members (excludes halogenated alkanes) is 5. The van der Waals surface area contributed by atoms with Crippen LogP contribution in [0, 0.1) is 0 Å². The maximum Gasteiger partial charge on any atom is 0.192 e. The van der Waals surface area contributed by atoms with Crippen LogP contribution in [-0.4, -0.2) is 19.5 Å². The summed E-state index contributed by atoms with van der Waals surface area (Å²) in [4.78, 5) is 0. The van der Waals surface area contributed by atoms with Crippen LogP contribution in [0.4, 0.5) is 0 Å². The predicted octanol–water partition coefficient (Wildman–Crippen LogP) is 7.89. The Labute approximate surface area is 181 Å². The summed E-state index contributed by atoms with van der Waals surface area (Å²) >= 11 is 0. The van der Waals surface area contributed by atoms with Crippen molar-refractivity contribution in [1.29, 1.82) is 0 Å². The third kappa shape index (κ3) is 11.0. The predicted molar refractivity (Wildman–Crippen MR) is 131 cm³/mol. The summed E-state index contributed by atoms with van der Waals surface area (Å²) in [6, 6.07) is 8.50. The Bertz CT molecular complexity index is 626. The second-order valence-corrected chi connectivity index (χ2v) is 14.5. The highest BCUT2D eigenvalue weighted by molar-refractivity contribution is 6.74.